The number of likely N-dealkylation sites (N-methyl/N-ethyl adjacent to an activating group) is 1. The van der Waals surface area contributed by atoms with E-state index in [1.807, 2.05) is 13.1 Å². The fraction of sp³-hybridized carbons (Fsp3) is 0.667. The van der Waals surface area contributed by atoms with Crippen molar-refractivity contribution in [1.82, 2.24) is 15.1 Å². The van der Waals surface area contributed by atoms with Crippen LogP contribution in [-0.2, 0) is 4.79 Å². The maximum atomic E-state index is 12.1. The van der Waals surface area contributed by atoms with E-state index in [1.165, 1.54) is 6.20 Å². The standard InChI is InChI=1S/C12H19ClN4O/c1-16-5-7-17(8-6-16)12(18)11(9-14)10-15-4-2-3-13/h10,15H,2-8H2,1H3/b11-10-. The molecule has 0 aromatic carbocycles. The number of carbonyl (C=O) groups is 1. The lowest BCUT2D eigenvalue weighted by atomic mass is 10.2. The fourth-order valence-corrected chi connectivity index (χ4v) is 1.80. The summed E-state index contributed by atoms with van der Waals surface area (Å²) in [5, 5.41) is 11.9. The lowest BCUT2D eigenvalue weighted by Crippen LogP contribution is -2.47. The van der Waals surface area contributed by atoms with Gasteiger partial charge in [-0.1, -0.05) is 0 Å². The van der Waals surface area contributed by atoms with Crippen LogP contribution in [-0.4, -0.2) is 61.4 Å². The van der Waals surface area contributed by atoms with Crippen LogP contribution in [0.3, 0.4) is 0 Å². The minimum Gasteiger partial charge on any atom is -0.390 e. The zero-order chi connectivity index (χ0) is 13.4. The molecule has 0 unspecified atom stereocenters. The number of amides is 1. The maximum absolute atomic E-state index is 12.1. The Labute approximate surface area is 113 Å². The number of rotatable bonds is 5. The largest absolute Gasteiger partial charge is 0.390 e. The molecular formula is C12H19ClN4O. The zero-order valence-corrected chi connectivity index (χ0v) is 11.4. The van der Waals surface area contributed by atoms with Crippen LogP contribution in [0.1, 0.15) is 6.42 Å². The van der Waals surface area contributed by atoms with Gasteiger partial charge in [0.1, 0.15) is 11.6 Å². The number of nitrogens with one attached hydrogen (secondary N) is 1. The van der Waals surface area contributed by atoms with E-state index in [2.05, 4.69) is 10.2 Å². The molecule has 1 aliphatic heterocycles. The molecule has 0 bridgehead atoms. The van der Waals surface area contributed by atoms with Gasteiger partial charge in [-0.2, -0.15) is 5.26 Å². The van der Waals surface area contributed by atoms with Gasteiger partial charge >= 0.3 is 0 Å². The first-order valence-corrected chi connectivity index (χ1v) is 6.60. The summed E-state index contributed by atoms with van der Waals surface area (Å²) in [7, 11) is 2.02. The lowest BCUT2D eigenvalue weighted by Gasteiger charge is -2.32. The van der Waals surface area contributed by atoms with E-state index in [1.54, 1.807) is 4.90 Å². The van der Waals surface area contributed by atoms with Crippen LogP contribution in [0.5, 0.6) is 0 Å². The van der Waals surface area contributed by atoms with E-state index < -0.39 is 0 Å². The molecule has 0 saturated carbocycles. The van der Waals surface area contributed by atoms with Gasteiger partial charge in [-0.05, 0) is 13.5 Å². The second kappa shape index (κ2) is 7.96. The third-order valence-corrected chi connectivity index (χ3v) is 3.11. The fourth-order valence-electron chi connectivity index (χ4n) is 1.66. The zero-order valence-electron chi connectivity index (χ0n) is 10.7. The molecule has 1 saturated heterocycles. The van der Waals surface area contributed by atoms with Gasteiger partial charge in [-0.25, -0.2) is 0 Å². The molecule has 6 heteroatoms. The Morgan fingerprint density at radius 3 is 2.67 bits per heavy atom. The summed E-state index contributed by atoms with van der Waals surface area (Å²) in [6.07, 6.45) is 2.30. The van der Waals surface area contributed by atoms with Crippen LogP contribution < -0.4 is 5.32 Å². The second-order valence-electron chi connectivity index (χ2n) is 4.26. The molecule has 1 rings (SSSR count). The van der Waals surface area contributed by atoms with Crippen molar-refractivity contribution >= 4 is 17.5 Å². The van der Waals surface area contributed by atoms with Crippen molar-refractivity contribution in [3.63, 3.8) is 0 Å². The van der Waals surface area contributed by atoms with E-state index in [0.717, 1.165) is 19.5 Å². The van der Waals surface area contributed by atoms with Gasteiger partial charge < -0.3 is 15.1 Å². The van der Waals surface area contributed by atoms with Crippen molar-refractivity contribution in [3.05, 3.63) is 11.8 Å². The molecule has 1 N–H and O–H groups in total. The molecule has 1 aliphatic rings. The van der Waals surface area contributed by atoms with Gasteiger partial charge in [0.05, 0.1) is 0 Å². The van der Waals surface area contributed by atoms with Crippen LogP contribution >= 0.6 is 11.6 Å². The minimum atomic E-state index is -0.191. The van der Waals surface area contributed by atoms with Crippen molar-refractivity contribution in [3.8, 4) is 6.07 Å². The number of carbonyl (C=O) groups excluding carboxylic acids is 1. The van der Waals surface area contributed by atoms with E-state index >= 15 is 0 Å². The summed E-state index contributed by atoms with van der Waals surface area (Å²) in [6.45, 7) is 3.73. The number of piperazine rings is 1. The predicted molar refractivity (Wildman–Crippen MR) is 71.1 cm³/mol. The number of nitrogens with zero attached hydrogens (tertiary/aromatic N) is 3. The van der Waals surface area contributed by atoms with Crippen molar-refractivity contribution in [1.29, 1.82) is 5.26 Å². The van der Waals surface area contributed by atoms with E-state index in [0.29, 0.717) is 25.5 Å². The highest BCUT2D eigenvalue weighted by Gasteiger charge is 2.21. The molecule has 0 spiro atoms. The summed E-state index contributed by atoms with van der Waals surface area (Å²) in [5.74, 6) is 0.374. The van der Waals surface area contributed by atoms with E-state index in [9.17, 15) is 4.79 Å². The Bertz CT molecular complexity index is 342. The summed E-state index contributed by atoms with van der Waals surface area (Å²) >= 11 is 5.54. The molecule has 100 valence electrons. The van der Waals surface area contributed by atoms with E-state index in [4.69, 9.17) is 16.9 Å². The first-order chi connectivity index (χ1) is 8.69. The van der Waals surface area contributed by atoms with Crippen LogP contribution in [0, 0.1) is 11.3 Å². The predicted octanol–water partition coefficient (Wildman–Crippen LogP) is 0.386. The van der Waals surface area contributed by atoms with Crippen LogP contribution in [0.25, 0.3) is 0 Å². The lowest BCUT2D eigenvalue weighted by molar-refractivity contribution is -0.128. The van der Waals surface area contributed by atoms with Gasteiger partial charge in [0.15, 0.2) is 0 Å². The van der Waals surface area contributed by atoms with Crippen LogP contribution in [0.2, 0.25) is 0 Å². The van der Waals surface area contributed by atoms with Gasteiger partial charge in [0.25, 0.3) is 5.91 Å². The number of hydrogen-bond acceptors (Lipinski definition) is 4. The summed E-state index contributed by atoms with van der Waals surface area (Å²) in [4.78, 5) is 15.9. The Hall–Kier alpha value is -1.25. The van der Waals surface area contributed by atoms with Crippen molar-refractivity contribution in [2.24, 2.45) is 0 Å². The molecule has 1 fully saturated rings. The Morgan fingerprint density at radius 1 is 1.44 bits per heavy atom. The van der Waals surface area contributed by atoms with Gasteiger partial charge in [-0.3, -0.25) is 4.79 Å². The molecular weight excluding hydrogens is 252 g/mol. The topological polar surface area (TPSA) is 59.4 Å². The van der Waals surface area contributed by atoms with Crippen molar-refractivity contribution < 1.29 is 4.79 Å². The van der Waals surface area contributed by atoms with Gasteiger partial charge in [0, 0.05) is 44.8 Å². The Morgan fingerprint density at radius 2 is 2.11 bits per heavy atom. The monoisotopic (exact) mass is 270 g/mol. The number of alkyl halides is 1. The number of nitriles is 1. The highest BCUT2D eigenvalue weighted by molar-refractivity contribution is 6.17. The third kappa shape index (κ3) is 4.55. The van der Waals surface area contributed by atoms with Gasteiger partial charge in [-0.15, -0.1) is 11.6 Å². The average molecular weight is 271 g/mol. The summed E-state index contributed by atoms with van der Waals surface area (Å²) in [5.41, 5.74) is 0.161. The molecule has 18 heavy (non-hydrogen) atoms. The maximum Gasteiger partial charge on any atom is 0.266 e. The van der Waals surface area contributed by atoms with Crippen molar-refractivity contribution in [2.45, 2.75) is 6.42 Å². The minimum absolute atomic E-state index is 0.161. The number of hydrogen-bond donors (Lipinski definition) is 1. The van der Waals surface area contributed by atoms with Crippen molar-refractivity contribution in [2.75, 3.05) is 45.7 Å². The first-order valence-electron chi connectivity index (χ1n) is 6.06. The second-order valence-corrected chi connectivity index (χ2v) is 4.64. The molecule has 1 amide bonds. The Kier molecular flexibility index (Phi) is 6.55. The quantitative estimate of drug-likeness (QED) is 0.340. The Balaban J connectivity index is 2.49. The first kappa shape index (κ1) is 14.8. The number of halogens is 1. The molecule has 0 aromatic rings. The van der Waals surface area contributed by atoms with Crippen LogP contribution in [0.15, 0.2) is 11.8 Å². The molecule has 0 radical (unpaired) electrons. The smallest absolute Gasteiger partial charge is 0.266 e. The molecule has 0 aromatic heterocycles. The summed E-state index contributed by atoms with van der Waals surface area (Å²) in [6, 6.07) is 1.95. The van der Waals surface area contributed by atoms with E-state index in [-0.39, 0.29) is 11.5 Å². The highest BCUT2D eigenvalue weighted by atomic mass is 35.5. The average Bonchev–Trinajstić information content (AvgIpc) is 2.39. The van der Waals surface area contributed by atoms with Gasteiger partial charge in [0.2, 0.25) is 0 Å². The highest BCUT2D eigenvalue weighted by Crippen LogP contribution is 2.05. The van der Waals surface area contributed by atoms with Crippen LogP contribution in [0.4, 0.5) is 0 Å². The molecule has 0 atom stereocenters. The third-order valence-electron chi connectivity index (χ3n) is 2.84. The summed E-state index contributed by atoms with van der Waals surface area (Å²) < 4.78 is 0. The molecule has 5 nitrogen and oxygen atoms in total. The SMILES string of the molecule is CN1CCN(C(=O)/C(C#N)=C\NCCCCl)CC1. The normalized spacial score (nSPS) is 17.4. The molecule has 0 aliphatic carbocycles. The molecule has 1 heterocycles.